The summed E-state index contributed by atoms with van der Waals surface area (Å²) in [5.41, 5.74) is 4.96. The molecule has 0 radical (unpaired) electrons. The standard InChI is InChI=1S/C18H14O2/c19-15-4-3-11-10-18-12(7-14(11)9-15)1-2-13-8-16(20)5-6-17(13)18/h3-10,19-20H,1-2H2. The van der Waals surface area contributed by atoms with E-state index >= 15 is 0 Å². The number of fused-ring (bicyclic) bond motifs is 4. The lowest BCUT2D eigenvalue weighted by molar-refractivity contribution is 0.474. The molecule has 2 heteroatoms. The van der Waals surface area contributed by atoms with Gasteiger partial charge in [-0.1, -0.05) is 18.2 Å². The summed E-state index contributed by atoms with van der Waals surface area (Å²) in [7, 11) is 0. The zero-order chi connectivity index (χ0) is 13.7. The van der Waals surface area contributed by atoms with Crippen molar-refractivity contribution in [3.05, 3.63) is 59.7 Å². The molecule has 4 rings (SSSR count). The molecule has 0 aliphatic heterocycles. The summed E-state index contributed by atoms with van der Waals surface area (Å²) in [6.45, 7) is 0. The third kappa shape index (κ3) is 1.65. The van der Waals surface area contributed by atoms with Crippen LogP contribution < -0.4 is 0 Å². The van der Waals surface area contributed by atoms with E-state index in [4.69, 9.17) is 0 Å². The van der Waals surface area contributed by atoms with Gasteiger partial charge in [-0.25, -0.2) is 0 Å². The highest BCUT2D eigenvalue weighted by molar-refractivity contribution is 5.91. The van der Waals surface area contributed by atoms with Crippen molar-refractivity contribution in [2.75, 3.05) is 0 Å². The van der Waals surface area contributed by atoms with E-state index in [0.29, 0.717) is 11.5 Å². The number of rotatable bonds is 0. The molecule has 1 aliphatic carbocycles. The maximum atomic E-state index is 9.61. The van der Waals surface area contributed by atoms with Crippen molar-refractivity contribution in [1.82, 2.24) is 0 Å². The van der Waals surface area contributed by atoms with Gasteiger partial charge in [-0.2, -0.15) is 0 Å². The second-order valence-electron chi connectivity index (χ2n) is 5.38. The monoisotopic (exact) mass is 262 g/mol. The van der Waals surface area contributed by atoms with Crippen LogP contribution in [0, 0.1) is 0 Å². The molecule has 3 aromatic carbocycles. The fraction of sp³-hybridized carbons (Fsp3) is 0.111. The van der Waals surface area contributed by atoms with E-state index in [1.807, 2.05) is 24.3 Å². The van der Waals surface area contributed by atoms with E-state index in [-0.39, 0.29) is 0 Å². The van der Waals surface area contributed by atoms with Crippen molar-refractivity contribution >= 4 is 10.8 Å². The van der Waals surface area contributed by atoms with Crippen LogP contribution in [0.15, 0.2) is 48.5 Å². The van der Waals surface area contributed by atoms with Crippen LogP contribution in [-0.2, 0) is 12.8 Å². The van der Waals surface area contributed by atoms with Crippen LogP contribution in [0.5, 0.6) is 11.5 Å². The molecule has 0 saturated heterocycles. The zero-order valence-electron chi connectivity index (χ0n) is 10.9. The van der Waals surface area contributed by atoms with Gasteiger partial charge >= 0.3 is 0 Å². The molecule has 0 heterocycles. The fourth-order valence-electron chi connectivity index (χ4n) is 3.11. The molecule has 1 aliphatic rings. The van der Waals surface area contributed by atoms with Gasteiger partial charge in [0.1, 0.15) is 11.5 Å². The number of hydrogen-bond donors (Lipinski definition) is 2. The number of phenolic OH excluding ortho intramolecular Hbond substituents is 2. The van der Waals surface area contributed by atoms with Gasteiger partial charge in [-0.15, -0.1) is 0 Å². The van der Waals surface area contributed by atoms with Crippen molar-refractivity contribution < 1.29 is 10.2 Å². The van der Waals surface area contributed by atoms with Gasteiger partial charge in [0.2, 0.25) is 0 Å². The van der Waals surface area contributed by atoms with Gasteiger partial charge < -0.3 is 10.2 Å². The van der Waals surface area contributed by atoms with Crippen LogP contribution in [0.2, 0.25) is 0 Å². The maximum Gasteiger partial charge on any atom is 0.116 e. The van der Waals surface area contributed by atoms with E-state index in [0.717, 1.165) is 23.6 Å². The minimum absolute atomic E-state index is 0.304. The second-order valence-corrected chi connectivity index (χ2v) is 5.38. The minimum Gasteiger partial charge on any atom is -0.508 e. The van der Waals surface area contributed by atoms with Gasteiger partial charge in [-0.3, -0.25) is 0 Å². The van der Waals surface area contributed by atoms with Crippen LogP contribution in [0.25, 0.3) is 21.9 Å². The summed E-state index contributed by atoms with van der Waals surface area (Å²) in [5, 5.41) is 21.4. The highest BCUT2D eigenvalue weighted by Crippen LogP contribution is 2.37. The summed E-state index contributed by atoms with van der Waals surface area (Å²) < 4.78 is 0. The lowest BCUT2D eigenvalue weighted by atomic mass is 9.84. The maximum absolute atomic E-state index is 9.61. The first kappa shape index (κ1) is 11.4. The zero-order valence-corrected chi connectivity index (χ0v) is 10.9. The topological polar surface area (TPSA) is 40.5 Å². The lowest BCUT2D eigenvalue weighted by Gasteiger charge is -2.21. The molecule has 0 bridgehead atoms. The Morgan fingerprint density at radius 1 is 0.600 bits per heavy atom. The molecule has 2 N–H and O–H groups in total. The summed E-state index contributed by atoms with van der Waals surface area (Å²) in [6.07, 6.45) is 1.92. The summed E-state index contributed by atoms with van der Waals surface area (Å²) in [6, 6.07) is 15.4. The van der Waals surface area contributed by atoms with Crippen molar-refractivity contribution in [3.63, 3.8) is 0 Å². The quantitative estimate of drug-likeness (QED) is 0.642. The molecule has 20 heavy (non-hydrogen) atoms. The van der Waals surface area contributed by atoms with Crippen molar-refractivity contribution in [2.24, 2.45) is 0 Å². The SMILES string of the molecule is Oc1ccc2c(c1)CCc1cc3cc(O)ccc3cc1-2. The van der Waals surface area contributed by atoms with Crippen LogP contribution in [-0.4, -0.2) is 10.2 Å². The number of hydrogen-bond acceptors (Lipinski definition) is 2. The Morgan fingerprint density at radius 3 is 2.15 bits per heavy atom. The largest absolute Gasteiger partial charge is 0.508 e. The third-order valence-electron chi connectivity index (χ3n) is 4.09. The average Bonchev–Trinajstić information content (AvgIpc) is 2.44. The Balaban J connectivity index is 2.00. The Kier molecular flexibility index (Phi) is 2.27. The molecule has 3 aromatic rings. The highest BCUT2D eigenvalue weighted by atomic mass is 16.3. The van der Waals surface area contributed by atoms with E-state index in [2.05, 4.69) is 12.1 Å². The third-order valence-corrected chi connectivity index (χ3v) is 4.09. The molecule has 0 unspecified atom stereocenters. The van der Waals surface area contributed by atoms with Crippen molar-refractivity contribution in [3.8, 4) is 22.6 Å². The molecule has 2 nitrogen and oxygen atoms in total. The fourth-order valence-corrected chi connectivity index (χ4v) is 3.11. The Morgan fingerprint density at radius 2 is 1.30 bits per heavy atom. The van der Waals surface area contributed by atoms with Gasteiger partial charge in [0.15, 0.2) is 0 Å². The Labute approximate surface area is 116 Å². The summed E-state index contributed by atoms with van der Waals surface area (Å²) in [4.78, 5) is 0. The predicted octanol–water partition coefficient (Wildman–Crippen LogP) is 4.02. The number of aryl methyl sites for hydroxylation is 2. The van der Waals surface area contributed by atoms with Gasteiger partial charge in [0.25, 0.3) is 0 Å². The molecular weight excluding hydrogens is 248 g/mol. The molecule has 0 amide bonds. The average molecular weight is 262 g/mol. The van der Waals surface area contributed by atoms with E-state index < -0.39 is 0 Å². The highest BCUT2D eigenvalue weighted by Gasteiger charge is 2.17. The first-order valence-corrected chi connectivity index (χ1v) is 6.79. The molecule has 98 valence electrons. The van der Waals surface area contributed by atoms with Crippen molar-refractivity contribution in [2.45, 2.75) is 12.8 Å². The number of benzene rings is 3. The smallest absolute Gasteiger partial charge is 0.116 e. The van der Waals surface area contributed by atoms with Crippen LogP contribution >= 0.6 is 0 Å². The Hall–Kier alpha value is -2.48. The molecule has 0 fully saturated rings. The molecule has 0 aromatic heterocycles. The molecule has 0 atom stereocenters. The van der Waals surface area contributed by atoms with Gasteiger partial charge in [0, 0.05) is 0 Å². The first-order valence-electron chi connectivity index (χ1n) is 6.79. The van der Waals surface area contributed by atoms with Gasteiger partial charge in [-0.05, 0) is 76.2 Å². The molecular formula is C18H14O2. The normalized spacial score (nSPS) is 13.0. The first-order chi connectivity index (χ1) is 9.70. The lowest BCUT2D eigenvalue weighted by Crippen LogP contribution is -2.03. The van der Waals surface area contributed by atoms with Crippen LogP contribution in [0.4, 0.5) is 0 Å². The number of aromatic hydroxyl groups is 2. The second kappa shape index (κ2) is 4.01. The summed E-state index contributed by atoms with van der Waals surface area (Å²) >= 11 is 0. The molecule has 0 spiro atoms. The predicted molar refractivity (Wildman–Crippen MR) is 80.1 cm³/mol. The summed E-state index contributed by atoms with van der Waals surface area (Å²) in [5.74, 6) is 0.636. The van der Waals surface area contributed by atoms with Crippen molar-refractivity contribution in [1.29, 1.82) is 0 Å². The van der Waals surface area contributed by atoms with Crippen LogP contribution in [0.3, 0.4) is 0 Å². The van der Waals surface area contributed by atoms with E-state index in [1.54, 1.807) is 12.1 Å². The van der Waals surface area contributed by atoms with Crippen LogP contribution in [0.1, 0.15) is 11.1 Å². The number of phenols is 2. The van der Waals surface area contributed by atoms with E-state index in [9.17, 15) is 10.2 Å². The molecule has 0 saturated carbocycles. The van der Waals surface area contributed by atoms with Gasteiger partial charge in [0.05, 0.1) is 0 Å². The Bertz CT molecular complexity index is 834. The minimum atomic E-state index is 0.304. The van der Waals surface area contributed by atoms with E-state index in [1.165, 1.54) is 22.3 Å².